The topological polar surface area (TPSA) is 28.2 Å². The van der Waals surface area contributed by atoms with Gasteiger partial charge < -0.3 is 10.2 Å². The molecule has 0 aliphatic carbocycles. The quantitative estimate of drug-likeness (QED) is 0.780. The summed E-state index contributed by atoms with van der Waals surface area (Å²) in [5.74, 6) is 0.656. The summed E-state index contributed by atoms with van der Waals surface area (Å²) in [5.41, 5.74) is 1.26. The number of rotatable bonds is 2. The van der Waals surface area contributed by atoms with Crippen LogP contribution in [0.25, 0.3) is 0 Å². The number of likely N-dealkylation sites (N-methyl/N-ethyl adjacent to an activating group) is 1. The van der Waals surface area contributed by atoms with Crippen molar-refractivity contribution in [2.75, 3.05) is 32.5 Å². The van der Waals surface area contributed by atoms with Crippen LogP contribution >= 0.6 is 11.3 Å². The van der Waals surface area contributed by atoms with E-state index in [0.29, 0.717) is 5.92 Å². The van der Waals surface area contributed by atoms with Crippen molar-refractivity contribution in [3.8, 4) is 0 Å². The Morgan fingerprint density at radius 2 is 2.54 bits per heavy atom. The molecule has 1 aromatic heterocycles. The van der Waals surface area contributed by atoms with Crippen molar-refractivity contribution in [3.05, 3.63) is 11.1 Å². The molecule has 1 saturated heterocycles. The molecule has 0 saturated carbocycles. The molecule has 1 N–H and O–H groups in total. The lowest BCUT2D eigenvalue weighted by atomic mass is 10.1. The zero-order valence-electron chi connectivity index (χ0n) is 8.08. The molecule has 1 atom stereocenters. The summed E-state index contributed by atoms with van der Waals surface area (Å²) in [5, 5.41) is 6.28. The lowest BCUT2D eigenvalue weighted by Gasteiger charge is -2.06. The molecule has 0 spiro atoms. The highest BCUT2D eigenvalue weighted by atomic mass is 32.1. The molecule has 2 heterocycles. The molecule has 2 rings (SSSR count). The minimum absolute atomic E-state index is 0.656. The zero-order chi connectivity index (χ0) is 9.26. The molecule has 0 amide bonds. The first-order valence-electron chi connectivity index (χ1n) is 4.61. The van der Waals surface area contributed by atoms with Crippen molar-refractivity contribution in [1.82, 2.24) is 9.88 Å². The fourth-order valence-electron chi connectivity index (χ4n) is 1.76. The Balaban J connectivity index is 2.08. The average Bonchev–Trinajstić information content (AvgIpc) is 2.71. The van der Waals surface area contributed by atoms with Crippen molar-refractivity contribution in [3.63, 3.8) is 0 Å². The number of anilines is 1. The first-order valence-corrected chi connectivity index (χ1v) is 5.49. The number of hydrogen-bond acceptors (Lipinski definition) is 4. The van der Waals surface area contributed by atoms with Crippen LogP contribution in [0.3, 0.4) is 0 Å². The standard InChI is InChI=1S/C9H15N3S/c1-10-9-11-8(6-13-9)7-3-4-12(2)5-7/h6-7H,3-5H2,1-2H3,(H,10,11). The SMILES string of the molecule is CNc1nc(C2CCN(C)C2)cs1. The van der Waals surface area contributed by atoms with E-state index in [-0.39, 0.29) is 0 Å². The van der Waals surface area contributed by atoms with E-state index in [0.717, 1.165) is 11.7 Å². The van der Waals surface area contributed by atoms with Gasteiger partial charge in [-0.15, -0.1) is 11.3 Å². The lowest BCUT2D eigenvalue weighted by molar-refractivity contribution is 0.411. The normalized spacial score (nSPS) is 23.7. The Bertz CT molecular complexity index is 284. The summed E-state index contributed by atoms with van der Waals surface area (Å²) >= 11 is 1.70. The maximum absolute atomic E-state index is 4.53. The largest absolute Gasteiger partial charge is 0.365 e. The second-order valence-electron chi connectivity index (χ2n) is 3.58. The van der Waals surface area contributed by atoms with E-state index in [1.54, 1.807) is 11.3 Å². The molecule has 0 radical (unpaired) electrons. The summed E-state index contributed by atoms with van der Waals surface area (Å²) in [7, 11) is 4.09. The Kier molecular flexibility index (Phi) is 2.51. The molecule has 3 nitrogen and oxygen atoms in total. The molecule has 1 unspecified atom stereocenters. The fraction of sp³-hybridized carbons (Fsp3) is 0.667. The third-order valence-corrected chi connectivity index (χ3v) is 3.42. The van der Waals surface area contributed by atoms with E-state index >= 15 is 0 Å². The van der Waals surface area contributed by atoms with Crippen LogP contribution in [0.5, 0.6) is 0 Å². The lowest BCUT2D eigenvalue weighted by Crippen LogP contribution is -2.13. The van der Waals surface area contributed by atoms with Gasteiger partial charge in [0.1, 0.15) is 0 Å². The average molecular weight is 197 g/mol. The summed E-state index contributed by atoms with van der Waals surface area (Å²) in [6, 6.07) is 0. The molecule has 1 aromatic rings. The van der Waals surface area contributed by atoms with E-state index in [1.807, 2.05) is 7.05 Å². The summed E-state index contributed by atoms with van der Waals surface area (Å²) < 4.78 is 0. The Morgan fingerprint density at radius 1 is 1.69 bits per heavy atom. The molecule has 4 heteroatoms. The molecule has 13 heavy (non-hydrogen) atoms. The predicted molar refractivity (Wildman–Crippen MR) is 56.5 cm³/mol. The summed E-state index contributed by atoms with van der Waals surface area (Å²) in [6.07, 6.45) is 1.25. The second kappa shape index (κ2) is 3.64. The van der Waals surface area contributed by atoms with Gasteiger partial charge in [-0.25, -0.2) is 4.98 Å². The fourth-order valence-corrected chi connectivity index (χ4v) is 2.52. The maximum atomic E-state index is 4.53. The molecule has 0 aromatic carbocycles. The molecule has 72 valence electrons. The van der Waals surface area contributed by atoms with Gasteiger partial charge in [-0.1, -0.05) is 0 Å². The highest BCUT2D eigenvalue weighted by molar-refractivity contribution is 7.13. The Morgan fingerprint density at radius 3 is 3.08 bits per heavy atom. The van der Waals surface area contributed by atoms with Gasteiger partial charge in [-0.3, -0.25) is 0 Å². The van der Waals surface area contributed by atoms with Gasteiger partial charge >= 0.3 is 0 Å². The number of nitrogens with zero attached hydrogens (tertiary/aromatic N) is 2. The van der Waals surface area contributed by atoms with E-state index < -0.39 is 0 Å². The first-order chi connectivity index (χ1) is 6.29. The summed E-state index contributed by atoms with van der Waals surface area (Å²) in [4.78, 5) is 6.89. The van der Waals surface area contributed by atoms with Crippen molar-refractivity contribution in [2.24, 2.45) is 0 Å². The monoisotopic (exact) mass is 197 g/mol. The number of likely N-dealkylation sites (tertiary alicyclic amines) is 1. The first kappa shape index (κ1) is 8.97. The number of aromatic nitrogens is 1. The van der Waals surface area contributed by atoms with Crippen LogP contribution in [0, 0.1) is 0 Å². The molecule has 0 bridgehead atoms. The summed E-state index contributed by atoms with van der Waals surface area (Å²) in [6.45, 7) is 2.37. The second-order valence-corrected chi connectivity index (χ2v) is 4.43. The van der Waals surface area contributed by atoms with Crippen LogP contribution < -0.4 is 5.32 Å². The van der Waals surface area contributed by atoms with Gasteiger partial charge in [0.2, 0.25) is 0 Å². The number of thiazole rings is 1. The van der Waals surface area contributed by atoms with E-state index in [4.69, 9.17) is 0 Å². The van der Waals surface area contributed by atoms with Crippen LogP contribution in [-0.4, -0.2) is 37.1 Å². The maximum Gasteiger partial charge on any atom is 0.182 e. The smallest absolute Gasteiger partial charge is 0.182 e. The van der Waals surface area contributed by atoms with Crippen LogP contribution in [0.2, 0.25) is 0 Å². The molecule has 1 aliphatic rings. The van der Waals surface area contributed by atoms with Crippen molar-refractivity contribution in [1.29, 1.82) is 0 Å². The van der Waals surface area contributed by atoms with Gasteiger partial charge in [-0.2, -0.15) is 0 Å². The Hall–Kier alpha value is -0.610. The minimum atomic E-state index is 0.656. The van der Waals surface area contributed by atoms with Crippen LogP contribution in [-0.2, 0) is 0 Å². The van der Waals surface area contributed by atoms with E-state index in [1.165, 1.54) is 18.7 Å². The van der Waals surface area contributed by atoms with E-state index in [9.17, 15) is 0 Å². The van der Waals surface area contributed by atoms with Gasteiger partial charge in [0.05, 0.1) is 5.69 Å². The predicted octanol–water partition coefficient (Wildman–Crippen LogP) is 1.60. The molecule has 1 aliphatic heterocycles. The molecule has 1 fully saturated rings. The molecular weight excluding hydrogens is 182 g/mol. The Labute approximate surface area is 82.8 Å². The molecular formula is C9H15N3S. The van der Waals surface area contributed by atoms with Crippen LogP contribution in [0.15, 0.2) is 5.38 Å². The van der Waals surface area contributed by atoms with Crippen molar-refractivity contribution >= 4 is 16.5 Å². The highest BCUT2D eigenvalue weighted by Gasteiger charge is 2.22. The van der Waals surface area contributed by atoms with Crippen LogP contribution in [0.4, 0.5) is 5.13 Å². The van der Waals surface area contributed by atoms with Crippen LogP contribution in [0.1, 0.15) is 18.0 Å². The highest BCUT2D eigenvalue weighted by Crippen LogP contribution is 2.28. The van der Waals surface area contributed by atoms with Gasteiger partial charge in [-0.05, 0) is 20.0 Å². The van der Waals surface area contributed by atoms with Gasteiger partial charge in [0.25, 0.3) is 0 Å². The number of nitrogens with one attached hydrogen (secondary N) is 1. The number of hydrogen-bond donors (Lipinski definition) is 1. The third-order valence-electron chi connectivity index (χ3n) is 2.55. The third kappa shape index (κ3) is 1.84. The van der Waals surface area contributed by atoms with Crippen molar-refractivity contribution < 1.29 is 0 Å². The zero-order valence-corrected chi connectivity index (χ0v) is 8.90. The van der Waals surface area contributed by atoms with E-state index in [2.05, 4.69) is 27.6 Å². The van der Waals surface area contributed by atoms with Gasteiger partial charge in [0, 0.05) is 24.9 Å². The minimum Gasteiger partial charge on any atom is -0.365 e. The van der Waals surface area contributed by atoms with Crippen molar-refractivity contribution in [2.45, 2.75) is 12.3 Å². The van der Waals surface area contributed by atoms with Gasteiger partial charge in [0.15, 0.2) is 5.13 Å².